The molecule has 2 saturated carbocycles. The molecule has 3 aliphatic carbocycles. The van der Waals surface area contributed by atoms with Gasteiger partial charge in [-0.05, 0) is 72.6 Å². The van der Waals surface area contributed by atoms with E-state index in [0.29, 0.717) is 29.5 Å². The number of methoxy groups -OCH3 is 1. The Balaban J connectivity index is 1.75. The molecule has 4 rings (SSSR count). The van der Waals surface area contributed by atoms with Crippen molar-refractivity contribution in [1.82, 2.24) is 0 Å². The van der Waals surface area contributed by atoms with Crippen LogP contribution in [-0.4, -0.2) is 12.9 Å². The van der Waals surface area contributed by atoms with Gasteiger partial charge in [0.2, 0.25) is 0 Å². The van der Waals surface area contributed by atoms with Crippen molar-refractivity contribution in [3.8, 4) is 5.75 Å². The zero-order chi connectivity index (χ0) is 15.5. The maximum Gasteiger partial charge on any atom is 0.139 e. The Morgan fingerprint density at radius 3 is 2.86 bits per heavy atom. The number of carbonyl (C=O) groups is 1. The molecule has 0 radical (unpaired) electrons. The second-order valence-corrected chi connectivity index (χ2v) is 7.95. The molecule has 5 atom stereocenters. The van der Waals surface area contributed by atoms with Crippen molar-refractivity contribution in [2.24, 2.45) is 23.2 Å². The number of Topliss-reactive ketones (excluding diaryl/α,β-unsaturated/α-hetero) is 1. The van der Waals surface area contributed by atoms with Gasteiger partial charge in [0.25, 0.3) is 0 Å². The number of ether oxygens (including phenoxy) is 1. The van der Waals surface area contributed by atoms with Gasteiger partial charge in [-0.2, -0.15) is 0 Å². The summed E-state index contributed by atoms with van der Waals surface area (Å²) >= 11 is 0. The molecule has 1 aromatic carbocycles. The molecule has 3 unspecified atom stereocenters. The van der Waals surface area contributed by atoms with E-state index < -0.39 is 0 Å². The van der Waals surface area contributed by atoms with E-state index in [0.717, 1.165) is 31.4 Å². The molecule has 0 heterocycles. The molecule has 0 spiro atoms. The highest BCUT2D eigenvalue weighted by Crippen LogP contribution is 2.60. The molecule has 2 fully saturated rings. The van der Waals surface area contributed by atoms with Crippen molar-refractivity contribution in [2.75, 3.05) is 7.11 Å². The fourth-order valence-electron chi connectivity index (χ4n) is 5.85. The van der Waals surface area contributed by atoms with Crippen LogP contribution in [0.2, 0.25) is 0 Å². The summed E-state index contributed by atoms with van der Waals surface area (Å²) in [6.07, 6.45) is 5.32. The molecule has 0 aromatic heterocycles. The van der Waals surface area contributed by atoms with E-state index in [9.17, 15) is 4.79 Å². The second kappa shape index (κ2) is 4.84. The summed E-state index contributed by atoms with van der Waals surface area (Å²) in [4.78, 5) is 12.4. The van der Waals surface area contributed by atoms with E-state index in [4.69, 9.17) is 4.74 Å². The van der Waals surface area contributed by atoms with Crippen LogP contribution < -0.4 is 4.74 Å². The Labute approximate surface area is 133 Å². The lowest BCUT2D eigenvalue weighted by Crippen LogP contribution is -2.45. The van der Waals surface area contributed by atoms with Crippen LogP contribution in [-0.2, 0) is 11.2 Å². The van der Waals surface area contributed by atoms with Gasteiger partial charge in [-0.25, -0.2) is 0 Å². The average molecular weight is 298 g/mol. The molecule has 0 amide bonds. The van der Waals surface area contributed by atoms with Gasteiger partial charge >= 0.3 is 0 Å². The minimum Gasteiger partial charge on any atom is -0.497 e. The number of fused-ring (bicyclic) bond motifs is 5. The second-order valence-electron chi connectivity index (χ2n) is 7.95. The summed E-state index contributed by atoms with van der Waals surface area (Å²) in [5.41, 5.74) is 2.98. The minimum atomic E-state index is -0.0284. The average Bonchev–Trinajstić information content (AvgIpc) is 2.82. The van der Waals surface area contributed by atoms with Gasteiger partial charge in [-0.15, -0.1) is 0 Å². The zero-order valence-corrected chi connectivity index (χ0v) is 13.9. The Morgan fingerprint density at radius 2 is 2.09 bits per heavy atom. The lowest BCUT2D eigenvalue weighted by atomic mass is 9.53. The normalized spacial score (nSPS) is 39.9. The Bertz CT molecular complexity index is 620. The molecule has 1 aromatic rings. The summed E-state index contributed by atoms with van der Waals surface area (Å²) in [6, 6.07) is 6.63. The minimum absolute atomic E-state index is 0.0284. The van der Waals surface area contributed by atoms with Crippen LogP contribution in [0, 0.1) is 23.2 Å². The number of carbonyl (C=O) groups excluding carboxylic acids is 1. The van der Waals surface area contributed by atoms with Crippen molar-refractivity contribution in [1.29, 1.82) is 0 Å². The highest BCUT2D eigenvalue weighted by molar-refractivity contribution is 5.87. The first-order valence-electron chi connectivity index (χ1n) is 8.74. The van der Waals surface area contributed by atoms with Crippen LogP contribution in [0.5, 0.6) is 5.75 Å². The van der Waals surface area contributed by atoms with Gasteiger partial charge in [-0.3, -0.25) is 4.79 Å². The SMILES string of the molecule is COc1ccc2c(c1)C[C@@H](C)C1C2CC[C@]2(C)C(=O)CCC12. The number of rotatable bonds is 1. The van der Waals surface area contributed by atoms with E-state index in [2.05, 4.69) is 32.0 Å². The number of hydrogen-bond donors (Lipinski definition) is 0. The van der Waals surface area contributed by atoms with Gasteiger partial charge in [0.05, 0.1) is 7.11 Å². The lowest BCUT2D eigenvalue weighted by molar-refractivity contribution is -0.129. The van der Waals surface area contributed by atoms with Gasteiger partial charge in [-0.1, -0.05) is 19.9 Å². The van der Waals surface area contributed by atoms with E-state index in [1.807, 2.05) is 0 Å². The van der Waals surface area contributed by atoms with E-state index in [-0.39, 0.29) is 5.41 Å². The molecule has 118 valence electrons. The van der Waals surface area contributed by atoms with Gasteiger partial charge < -0.3 is 4.74 Å². The van der Waals surface area contributed by atoms with Crippen molar-refractivity contribution in [2.45, 2.75) is 51.9 Å². The third kappa shape index (κ3) is 1.82. The monoisotopic (exact) mass is 298 g/mol. The predicted molar refractivity (Wildman–Crippen MR) is 87.2 cm³/mol. The van der Waals surface area contributed by atoms with Crippen molar-refractivity contribution in [3.05, 3.63) is 29.3 Å². The van der Waals surface area contributed by atoms with Gasteiger partial charge in [0, 0.05) is 11.8 Å². The Morgan fingerprint density at radius 1 is 1.27 bits per heavy atom. The summed E-state index contributed by atoms with van der Waals surface area (Å²) in [6.45, 7) is 4.65. The molecule has 0 saturated heterocycles. The van der Waals surface area contributed by atoms with Crippen molar-refractivity contribution in [3.63, 3.8) is 0 Å². The predicted octanol–water partition coefficient (Wildman–Crippen LogP) is 4.37. The van der Waals surface area contributed by atoms with Crippen LogP contribution in [0.3, 0.4) is 0 Å². The summed E-state index contributed by atoms with van der Waals surface area (Å²) in [5.74, 6) is 4.11. The molecule has 0 N–H and O–H groups in total. The van der Waals surface area contributed by atoms with Crippen LogP contribution in [0.25, 0.3) is 0 Å². The largest absolute Gasteiger partial charge is 0.497 e. The first kappa shape index (κ1) is 14.3. The Kier molecular flexibility index (Phi) is 3.15. The van der Waals surface area contributed by atoms with Gasteiger partial charge in [0.1, 0.15) is 11.5 Å². The summed E-state index contributed by atoms with van der Waals surface area (Å²) < 4.78 is 5.41. The van der Waals surface area contributed by atoms with Crippen LogP contribution >= 0.6 is 0 Å². The highest BCUT2D eigenvalue weighted by atomic mass is 16.5. The van der Waals surface area contributed by atoms with E-state index in [1.54, 1.807) is 7.11 Å². The summed E-state index contributed by atoms with van der Waals surface area (Å²) in [5, 5.41) is 0. The maximum atomic E-state index is 12.4. The maximum absolute atomic E-state index is 12.4. The highest BCUT2D eigenvalue weighted by Gasteiger charge is 2.56. The van der Waals surface area contributed by atoms with Crippen molar-refractivity contribution < 1.29 is 9.53 Å². The van der Waals surface area contributed by atoms with Crippen LogP contribution in [0.15, 0.2) is 18.2 Å². The molecule has 0 aliphatic heterocycles. The number of benzene rings is 1. The molecule has 0 bridgehead atoms. The van der Waals surface area contributed by atoms with Crippen LogP contribution in [0.4, 0.5) is 0 Å². The summed E-state index contributed by atoms with van der Waals surface area (Å²) in [7, 11) is 1.74. The lowest BCUT2D eigenvalue weighted by Gasteiger charge is -2.51. The van der Waals surface area contributed by atoms with Crippen molar-refractivity contribution >= 4 is 5.78 Å². The first-order chi connectivity index (χ1) is 10.5. The standard InChI is InChI=1S/C20H26O2/c1-12-10-13-11-14(22-3)4-5-15(13)16-8-9-20(2)17(19(12)16)6-7-18(20)21/h4-5,11-12,16-17,19H,6-10H2,1-3H3/t12-,16?,17?,19?,20+/m1/s1. The van der Waals surface area contributed by atoms with E-state index >= 15 is 0 Å². The fourth-order valence-corrected chi connectivity index (χ4v) is 5.85. The third-order valence-corrected chi connectivity index (χ3v) is 6.99. The molecule has 22 heavy (non-hydrogen) atoms. The smallest absolute Gasteiger partial charge is 0.139 e. The first-order valence-corrected chi connectivity index (χ1v) is 8.74. The molecular weight excluding hydrogens is 272 g/mol. The number of ketones is 1. The zero-order valence-electron chi connectivity index (χ0n) is 13.9. The fraction of sp³-hybridized carbons (Fsp3) is 0.650. The quantitative estimate of drug-likeness (QED) is 0.769. The number of hydrogen-bond acceptors (Lipinski definition) is 2. The topological polar surface area (TPSA) is 26.3 Å². The molecule has 2 nitrogen and oxygen atoms in total. The van der Waals surface area contributed by atoms with Crippen LogP contribution in [0.1, 0.15) is 56.6 Å². The van der Waals surface area contributed by atoms with Gasteiger partial charge in [0.15, 0.2) is 0 Å². The Hall–Kier alpha value is -1.31. The molecular formula is C20H26O2. The molecule has 3 aliphatic rings. The third-order valence-electron chi connectivity index (χ3n) is 6.99. The molecule has 2 heteroatoms. The van der Waals surface area contributed by atoms with E-state index in [1.165, 1.54) is 17.5 Å².